The maximum absolute atomic E-state index is 14.4. The normalized spacial score (nSPS) is 11.4. The van der Waals surface area contributed by atoms with E-state index in [1.165, 1.54) is 20.3 Å². The van der Waals surface area contributed by atoms with Crippen LogP contribution < -0.4 is 20.1 Å². The molecule has 3 rings (SSSR count). The van der Waals surface area contributed by atoms with Crippen LogP contribution >= 0.6 is 0 Å². The average Bonchev–Trinajstić information content (AvgIpc) is 2.79. The molecule has 7 heteroatoms. The predicted octanol–water partition coefficient (Wildman–Crippen LogP) is 4.59. The number of hydrogen-bond acceptors (Lipinski definition) is 4. The molecule has 0 bridgehead atoms. The summed E-state index contributed by atoms with van der Waals surface area (Å²) >= 11 is 0. The average molecular weight is 422 g/mol. The summed E-state index contributed by atoms with van der Waals surface area (Å²) in [6.07, 6.45) is 0. The fourth-order valence-corrected chi connectivity index (χ4v) is 3.15. The smallest absolute Gasteiger partial charge is 0.258 e. The summed E-state index contributed by atoms with van der Waals surface area (Å²) in [5.41, 5.74) is 1.62. The number of rotatable bonds is 7. The van der Waals surface area contributed by atoms with Gasteiger partial charge in [0.1, 0.15) is 11.4 Å². The third kappa shape index (κ3) is 5.01. The van der Waals surface area contributed by atoms with E-state index in [0.29, 0.717) is 11.3 Å². The van der Waals surface area contributed by atoms with E-state index in [4.69, 9.17) is 9.47 Å². The van der Waals surface area contributed by atoms with Crippen LogP contribution in [0.2, 0.25) is 0 Å². The lowest BCUT2D eigenvalue weighted by Gasteiger charge is -2.18. The molecule has 3 aromatic carbocycles. The van der Waals surface area contributed by atoms with Crippen molar-refractivity contribution in [2.45, 2.75) is 13.0 Å². The molecule has 0 aromatic heterocycles. The van der Waals surface area contributed by atoms with Gasteiger partial charge in [0, 0.05) is 11.3 Å². The van der Waals surface area contributed by atoms with Gasteiger partial charge in [0.05, 0.1) is 20.3 Å². The third-order valence-electron chi connectivity index (χ3n) is 4.75. The summed E-state index contributed by atoms with van der Waals surface area (Å²) in [6, 6.07) is 18.0. The van der Waals surface area contributed by atoms with Crippen LogP contribution in [0, 0.1) is 5.82 Å². The Labute approximate surface area is 180 Å². The zero-order valence-corrected chi connectivity index (χ0v) is 17.4. The summed E-state index contributed by atoms with van der Waals surface area (Å²) in [5, 5.41) is 5.60. The summed E-state index contributed by atoms with van der Waals surface area (Å²) in [7, 11) is 2.76. The van der Waals surface area contributed by atoms with Crippen LogP contribution in [0.25, 0.3) is 0 Å². The Balaban J connectivity index is 1.77. The highest BCUT2D eigenvalue weighted by Gasteiger charge is 2.23. The molecular weight excluding hydrogens is 399 g/mol. The Morgan fingerprint density at radius 3 is 2.32 bits per heavy atom. The lowest BCUT2D eigenvalue weighted by atomic mass is 10.1. The van der Waals surface area contributed by atoms with Gasteiger partial charge in [0.15, 0.2) is 11.5 Å². The number of carbonyl (C=O) groups excluding carboxylic acids is 2. The molecule has 0 spiro atoms. The van der Waals surface area contributed by atoms with E-state index in [1.807, 2.05) is 12.1 Å². The standard InChI is InChI=1S/C24H23FN2O4/c1-15(26-24(29)21-19(25)12-13-20(30-2)22(21)31-3)17-10-7-11-18(14-17)27-23(28)16-8-5-4-6-9-16/h4-15H,1-3H3,(H,26,29)(H,27,28)/t15-/m0/s1. The maximum atomic E-state index is 14.4. The molecule has 0 aliphatic rings. The first-order valence-electron chi connectivity index (χ1n) is 9.62. The van der Waals surface area contributed by atoms with Crippen molar-refractivity contribution in [3.05, 3.63) is 89.2 Å². The Morgan fingerprint density at radius 2 is 1.65 bits per heavy atom. The molecule has 0 radical (unpaired) electrons. The molecule has 2 amide bonds. The van der Waals surface area contributed by atoms with Gasteiger partial charge in [-0.25, -0.2) is 4.39 Å². The molecule has 160 valence electrons. The first kappa shape index (κ1) is 21.8. The Kier molecular flexibility index (Phi) is 6.87. The minimum Gasteiger partial charge on any atom is -0.493 e. The van der Waals surface area contributed by atoms with Crippen molar-refractivity contribution in [3.63, 3.8) is 0 Å². The quantitative estimate of drug-likeness (QED) is 0.584. The Morgan fingerprint density at radius 1 is 0.903 bits per heavy atom. The number of methoxy groups -OCH3 is 2. The molecule has 6 nitrogen and oxygen atoms in total. The zero-order valence-electron chi connectivity index (χ0n) is 17.4. The Hall–Kier alpha value is -3.87. The minimum atomic E-state index is -0.716. The van der Waals surface area contributed by atoms with Crippen LogP contribution in [-0.4, -0.2) is 26.0 Å². The van der Waals surface area contributed by atoms with Gasteiger partial charge in [0.25, 0.3) is 11.8 Å². The Bertz CT molecular complexity index is 1090. The monoisotopic (exact) mass is 422 g/mol. The number of halogens is 1. The van der Waals surface area contributed by atoms with Crippen molar-refractivity contribution in [3.8, 4) is 11.5 Å². The maximum Gasteiger partial charge on any atom is 0.258 e. The van der Waals surface area contributed by atoms with Gasteiger partial charge >= 0.3 is 0 Å². The minimum absolute atomic E-state index is 0.0241. The molecule has 0 saturated carbocycles. The highest BCUT2D eigenvalue weighted by atomic mass is 19.1. The van der Waals surface area contributed by atoms with E-state index in [-0.39, 0.29) is 23.0 Å². The third-order valence-corrected chi connectivity index (χ3v) is 4.75. The summed E-state index contributed by atoms with van der Waals surface area (Å²) in [4.78, 5) is 25.2. The number of amides is 2. The van der Waals surface area contributed by atoms with Crippen molar-refractivity contribution in [1.82, 2.24) is 5.32 Å². The number of hydrogen-bond donors (Lipinski definition) is 2. The predicted molar refractivity (Wildman–Crippen MR) is 116 cm³/mol. The van der Waals surface area contributed by atoms with Gasteiger partial charge < -0.3 is 20.1 Å². The van der Waals surface area contributed by atoms with E-state index in [0.717, 1.165) is 11.6 Å². The van der Waals surface area contributed by atoms with Crippen LogP contribution in [0.4, 0.5) is 10.1 Å². The zero-order chi connectivity index (χ0) is 22.4. The lowest BCUT2D eigenvalue weighted by Crippen LogP contribution is -2.28. The van der Waals surface area contributed by atoms with Crippen LogP contribution in [0.15, 0.2) is 66.7 Å². The van der Waals surface area contributed by atoms with E-state index in [9.17, 15) is 14.0 Å². The molecule has 0 heterocycles. The van der Waals surface area contributed by atoms with Gasteiger partial charge in [-0.2, -0.15) is 0 Å². The molecule has 0 aliphatic heterocycles. The second kappa shape index (κ2) is 9.75. The van der Waals surface area contributed by atoms with Gasteiger partial charge in [-0.05, 0) is 48.9 Å². The summed E-state index contributed by atoms with van der Waals surface area (Å²) < 4.78 is 24.7. The molecule has 3 aromatic rings. The van der Waals surface area contributed by atoms with E-state index < -0.39 is 17.8 Å². The molecule has 0 unspecified atom stereocenters. The lowest BCUT2D eigenvalue weighted by molar-refractivity contribution is 0.0930. The molecular formula is C24H23FN2O4. The number of nitrogens with one attached hydrogen (secondary N) is 2. The van der Waals surface area contributed by atoms with E-state index >= 15 is 0 Å². The fourth-order valence-electron chi connectivity index (χ4n) is 3.15. The van der Waals surface area contributed by atoms with Crippen molar-refractivity contribution in [1.29, 1.82) is 0 Å². The van der Waals surface area contributed by atoms with Crippen LogP contribution in [0.5, 0.6) is 11.5 Å². The SMILES string of the molecule is COc1ccc(F)c(C(=O)N[C@@H](C)c2cccc(NC(=O)c3ccccc3)c2)c1OC. The number of benzene rings is 3. The van der Waals surface area contributed by atoms with Crippen molar-refractivity contribution < 1.29 is 23.5 Å². The summed E-state index contributed by atoms with van der Waals surface area (Å²) in [5.74, 6) is -1.31. The molecule has 2 N–H and O–H groups in total. The number of ether oxygens (including phenoxy) is 2. The van der Waals surface area contributed by atoms with Gasteiger partial charge in [-0.1, -0.05) is 30.3 Å². The fraction of sp³-hybridized carbons (Fsp3) is 0.167. The summed E-state index contributed by atoms with van der Waals surface area (Å²) in [6.45, 7) is 1.76. The molecule has 0 fully saturated rings. The van der Waals surface area contributed by atoms with Crippen molar-refractivity contribution in [2.75, 3.05) is 19.5 Å². The second-order valence-corrected chi connectivity index (χ2v) is 6.80. The molecule has 0 saturated heterocycles. The van der Waals surface area contributed by atoms with Gasteiger partial charge in [-0.15, -0.1) is 0 Å². The van der Waals surface area contributed by atoms with Crippen molar-refractivity contribution in [2.24, 2.45) is 0 Å². The van der Waals surface area contributed by atoms with Crippen LogP contribution in [0.3, 0.4) is 0 Å². The largest absolute Gasteiger partial charge is 0.493 e. The van der Waals surface area contributed by atoms with Gasteiger partial charge in [-0.3, -0.25) is 9.59 Å². The first-order chi connectivity index (χ1) is 14.9. The molecule has 31 heavy (non-hydrogen) atoms. The first-order valence-corrected chi connectivity index (χ1v) is 9.62. The van der Waals surface area contributed by atoms with Crippen LogP contribution in [-0.2, 0) is 0 Å². The highest BCUT2D eigenvalue weighted by Crippen LogP contribution is 2.33. The molecule has 1 atom stereocenters. The second-order valence-electron chi connectivity index (χ2n) is 6.80. The van der Waals surface area contributed by atoms with Crippen molar-refractivity contribution >= 4 is 17.5 Å². The van der Waals surface area contributed by atoms with Crippen LogP contribution in [0.1, 0.15) is 39.2 Å². The number of anilines is 1. The molecule has 0 aliphatic carbocycles. The highest BCUT2D eigenvalue weighted by molar-refractivity contribution is 6.04. The number of carbonyl (C=O) groups is 2. The topological polar surface area (TPSA) is 76.7 Å². The van der Waals surface area contributed by atoms with E-state index in [1.54, 1.807) is 49.4 Å². The van der Waals surface area contributed by atoms with Gasteiger partial charge in [0.2, 0.25) is 0 Å². The van der Waals surface area contributed by atoms with E-state index in [2.05, 4.69) is 10.6 Å².